The molecule has 2 aromatic rings. The van der Waals surface area contributed by atoms with E-state index in [1.54, 1.807) is 6.20 Å². The van der Waals surface area contributed by atoms with Crippen LogP contribution in [0.3, 0.4) is 0 Å². The Hall–Kier alpha value is -2.38. The molecule has 126 valence electrons. The van der Waals surface area contributed by atoms with E-state index in [1.807, 2.05) is 24.3 Å². The summed E-state index contributed by atoms with van der Waals surface area (Å²) in [4.78, 5) is 27.9. The van der Waals surface area contributed by atoms with Crippen molar-refractivity contribution in [3.05, 3.63) is 36.0 Å². The summed E-state index contributed by atoms with van der Waals surface area (Å²) in [7, 11) is 0. The minimum absolute atomic E-state index is 0.123. The topological polar surface area (TPSA) is 98.1 Å². The van der Waals surface area contributed by atoms with Gasteiger partial charge in [-0.3, -0.25) is 31.3 Å². The predicted molar refractivity (Wildman–Crippen MR) is 89.7 cm³/mol. The van der Waals surface area contributed by atoms with E-state index in [0.717, 1.165) is 36.7 Å². The summed E-state index contributed by atoms with van der Waals surface area (Å²) in [5.74, 6) is -0.0828. The van der Waals surface area contributed by atoms with E-state index in [1.165, 1.54) is 0 Å². The molecule has 0 bridgehead atoms. The van der Waals surface area contributed by atoms with Gasteiger partial charge in [0.25, 0.3) is 5.91 Å². The van der Waals surface area contributed by atoms with Crippen LogP contribution < -0.4 is 21.7 Å². The first-order valence-electron chi connectivity index (χ1n) is 8.39. The van der Waals surface area contributed by atoms with Gasteiger partial charge in [-0.05, 0) is 24.8 Å². The van der Waals surface area contributed by atoms with Crippen LogP contribution in [-0.4, -0.2) is 29.4 Å². The van der Waals surface area contributed by atoms with Crippen LogP contribution in [0.1, 0.15) is 29.6 Å². The Morgan fingerprint density at radius 1 is 1.12 bits per heavy atom. The molecule has 0 radical (unpaired) electrons. The number of rotatable bonds is 2. The number of amides is 2. The predicted octanol–water partition coefficient (Wildman–Crippen LogP) is 0.822. The highest BCUT2D eigenvalue weighted by Crippen LogP contribution is 2.31. The number of aromatic nitrogens is 1. The lowest BCUT2D eigenvalue weighted by Crippen LogP contribution is -2.52. The van der Waals surface area contributed by atoms with Gasteiger partial charge in [-0.2, -0.15) is 0 Å². The third kappa shape index (κ3) is 2.65. The van der Waals surface area contributed by atoms with E-state index in [-0.39, 0.29) is 23.8 Å². The molecule has 1 saturated heterocycles. The van der Waals surface area contributed by atoms with Gasteiger partial charge in [0.2, 0.25) is 5.91 Å². The fourth-order valence-corrected chi connectivity index (χ4v) is 3.87. The maximum absolute atomic E-state index is 12.5. The van der Waals surface area contributed by atoms with Gasteiger partial charge in [-0.1, -0.05) is 24.6 Å². The molecule has 2 amide bonds. The molecule has 1 saturated carbocycles. The van der Waals surface area contributed by atoms with Gasteiger partial charge in [0.05, 0.1) is 11.5 Å². The number of hydrogen-bond acceptors (Lipinski definition) is 4. The Morgan fingerprint density at radius 3 is 2.92 bits per heavy atom. The smallest absolute Gasteiger partial charge is 0.271 e. The first-order valence-corrected chi connectivity index (χ1v) is 8.39. The Morgan fingerprint density at radius 2 is 2.00 bits per heavy atom. The number of hydrogen-bond donors (Lipinski definition) is 5. The maximum Gasteiger partial charge on any atom is 0.271 e. The minimum atomic E-state index is -0.314. The second-order valence-corrected chi connectivity index (χ2v) is 6.54. The number of benzene rings is 1. The normalized spacial score (nSPS) is 26.1. The number of carbonyl (C=O) groups is 2. The molecule has 1 aliphatic heterocycles. The number of fused-ring (bicyclic) bond motifs is 2. The minimum Gasteiger partial charge on any atom is -0.360 e. The molecule has 4 rings (SSSR count). The van der Waals surface area contributed by atoms with Crippen LogP contribution in [0.4, 0.5) is 0 Å². The number of H-pyrrole nitrogens is 1. The Bertz CT molecular complexity index is 771. The number of hydrazine groups is 2. The molecule has 0 spiro atoms. The van der Waals surface area contributed by atoms with E-state index in [2.05, 4.69) is 26.7 Å². The standard InChI is InChI=1S/C17H21N5O2/c23-16(12-6-3-4-10-8-19-20-15(10)12)21-22-17(24)13-9-18-14-7-2-1-5-11(13)14/h1-2,5,7,9-10,12,15,18-20H,3-4,6,8H2,(H,21,23)(H,22,24). The van der Waals surface area contributed by atoms with E-state index in [0.29, 0.717) is 11.5 Å². The molecule has 24 heavy (non-hydrogen) atoms. The SMILES string of the molecule is O=C(NNC(=O)C1CCCC2CNNC21)c1c[nH]c2ccccc12. The van der Waals surface area contributed by atoms with Crippen LogP contribution in [0.25, 0.3) is 10.9 Å². The van der Waals surface area contributed by atoms with Crippen LogP contribution in [0.5, 0.6) is 0 Å². The zero-order valence-electron chi connectivity index (χ0n) is 13.3. The van der Waals surface area contributed by atoms with Crippen LogP contribution in [-0.2, 0) is 4.79 Å². The molecule has 5 N–H and O–H groups in total. The van der Waals surface area contributed by atoms with Gasteiger partial charge in [-0.15, -0.1) is 0 Å². The van der Waals surface area contributed by atoms with Crippen molar-refractivity contribution in [2.24, 2.45) is 11.8 Å². The first-order chi connectivity index (χ1) is 11.7. The van der Waals surface area contributed by atoms with Crippen molar-refractivity contribution in [3.8, 4) is 0 Å². The Kier molecular flexibility index (Phi) is 3.95. The average Bonchev–Trinajstić information content (AvgIpc) is 3.25. The molecule has 1 aromatic carbocycles. The van der Waals surface area contributed by atoms with Crippen molar-refractivity contribution >= 4 is 22.7 Å². The average molecular weight is 327 g/mol. The van der Waals surface area contributed by atoms with Crippen LogP contribution >= 0.6 is 0 Å². The number of aromatic amines is 1. The van der Waals surface area contributed by atoms with Crippen LogP contribution in [0.15, 0.2) is 30.5 Å². The van der Waals surface area contributed by atoms with Crippen molar-refractivity contribution < 1.29 is 9.59 Å². The third-order valence-corrected chi connectivity index (χ3v) is 5.13. The van der Waals surface area contributed by atoms with Crippen LogP contribution in [0.2, 0.25) is 0 Å². The molecule has 2 fully saturated rings. The van der Waals surface area contributed by atoms with Gasteiger partial charge in [-0.25, -0.2) is 0 Å². The molecule has 1 aromatic heterocycles. The molecule has 7 nitrogen and oxygen atoms in total. The summed E-state index contributed by atoms with van der Waals surface area (Å²) in [5.41, 5.74) is 12.9. The van der Waals surface area contributed by atoms with E-state index in [4.69, 9.17) is 0 Å². The lowest BCUT2D eigenvalue weighted by atomic mass is 9.78. The Balaban J connectivity index is 1.41. The van der Waals surface area contributed by atoms with Crippen molar-refractivity contribution in [3.63, 3.8) is 0 Å². The summed E-state index contributed by atoms with van der Waals surface area (Å²) in [6, 6.07) is 7.72. The summed E-state index contributed by atoms with van der Waals surface area (Å²) in [6.07, 6.45) is 4.67. The molecule has 3 unspecified atom stereocenters. The molecule has 1 aliphatic carbocycles. The zero-order chi connectivity index (χ0) is 16.5. The van der Waals surface area contributed by atoms with E-state index in [9.17, 15) is 9.59 Å². The summed E-state index contributed by atoms with van der Waals surface area (Å²) >= 11 is 0. The fourth-order valence-electron chi connectivity index (χ4n) is 3.87. The van der Waals surface area contributed by atoms with Crippen molar-refractivity contribution in [1.82, 2.24) is 26.7 Å². The lowest BCUT2D eigenvalue weighted by Gasteiger charge is -2.31. The first kappa shape index (κ1) is 15.2. The molecule has 2 heterocycles. The molecular weight excluding hydrogens is 306 g/mol. The van der Waals surface area contributed by atoms with Gasteiger partial charge >= 0.3 is 0 Å². The highest BCUT2D eigenvalue weighted by molar-refractivity contribution is 6.07. The molecule has 7 heteroatoms. The van der Waals surface area contributed by atoms with Crippen LogP contribution in [0, 0.1) is 11.8 Å². The quantitative estimate of drug-likeness (QED) is 0.528. The monoisotopic (exact) mass is 327 g/mol. The van der Waals surface area contributed by atoms with Crippen molar-refractivity contribution in [2.75, 3.05) is 6.54 Å². The van der Waals surface area contributed by atoms with Gasteiger partial charge in [0.1, 0.15) is 0 Å². The fraction of sp³-hybridized carbons (Fsp3) is 0.412. The second-order valence-electron chi connectivity index (χ2n) is 6.54. The summed E-state index contributed by atoms with van der Waals surface area (Å²) in [5, 5.41) is 0.837. The number of carbonyl (C=O) groups excluding carboxylic acids is 2. The number of nitrogens with one attached hydrogen (secondary N) is 5. The highest BCUT2D eigenvalue weighted by atomic mass is 16.2. The van der Waals surface area contributed by atoms with Gasteiger partial charge in [0.15, 0.2) is 0 Å². The van der Waals surface area contributed by atoms with Gasteiger partial charge < -0.3 is 4.98 Å². The lowest BCUT2D eigenvalue weighted by molar-refractivity contribution is -0.128. The van der Waals surface area contributed by atoms with Crippen molar-refractivity contribution in [2.45, 2.75) is 25.3 Å². The molecule has 2 aliphatic rings. The zero-order valence-corrected chi connectivity index (χ0v) is 13.3. The number of para-hydroxylation sites is 1. The largest absolute Gasteiger partial charge is 0.360 e. The van der Waals surface area contributed by atoms with Crippen molar-refractivity contribution in [1.29, 1.82) is 0 Å². The summed E-state index contributed by atoms with van der Waals surface area (Å²) < 4.78 is 0. The third-order valence-electron chi connectivity index (χ3n) is 5.13. The maximum atomic E-state index is 12.5. The van der Waals surface area contributed by atoms with E-state index >= 15 is 0 Å². The summed E-state index contributed by atoms with van der Waals surface area (Å²) in [6.45, 7) is 0.899. The molecular formula is C17H21N5O2. The van der Waals surface area contributed by atoms with Gasteiger partial charge in [0, 0.05) is 29.7 Å². The highest BCUT2D eigenvalue weighted by Gasteiger charge is 2.40. The Labute approximate surface area is 139 Å². The van der Waals surface area contributed by atoms with E-state index < -0.39 is 0 Å². The molecule has 3 atom stereocenters. The second kappa shape index (κ2) is 6.26.